The van der Waals surface area contributed by atoms with Crippen molar-refractivity contribution < 1.29 is 23.8 Å². The number of rotatable bonds is 9. The fourth-order valence-electron chi connectivity index (χ4n) is 4.10. The monoisotopic (exact) mass is 505 g/mol. The van der Waals surface area contributed by atoms with Gasteiger partial charge < -0.3 is 29.3 Å². The van der Waals surface area contributed by atoms with Gasteiger partial charge in [0.1, 0.15) is 11.4 Å². The Balaban J connectivity index is 1.49. The summed E-state index contributed by atoms with van der Waals surface area (Å²) in [6.45, 7) is 1.64. The van der Waals surface area contributed by atoms with E-state index in [1.54, 1.807) is 4.90 Å². The molecule has 0 radical (unpaired) electrons. The molecule has 2 aromatic carbocycles. The van der Waals surface area contributed by atoms with Crippen molar-refractivity contribution in [2.75, 3.05) is 50.7 Å². The summed E-state index contributed by atoms with van der Waals surface area (Å²) >= 11 is 0. The maximum Gasteiger partial charge on any atom is 0.406 e. The van der Waals surface area contributed by atoms with Gasteiger partial charge in [-0.05, 0) is 23.3 Å². The van der Waals surface area contributed by atoms with Gasteiger partial charge in [0.05, 0.1) is 26.4 Å². The van der Waals surface area contributed by atoms with Crippen LogP contribution >= 0.6 is 0 Å². The predicted molar refractivity (Wildman–Crippen MR) is 139 cm³/mol. The lowest BCUT2D eigenvalue weighted by molar-refractivity contribution is 0.0199. The van der Waals surface area contributed by atoms with Gasteiger partial charge in [0, 0.05) is 45.5 Å². The summed E-state index contributed by atoms with van der Waals surface area (Å²) in [5, 5.41) is 2.45. The molecule has 1 aliphatic heterocycles. The van der Waals surface area contributed by atoms with Crippen molar-refractivity contribution in [3.63, 3.8) is 0 Å². The van der Waals surface area contributed by atoms with E-state index in [4.69, 9.17) is 14.2 Å². The second-order valence-electron chi connectivity index (χ2n) is 8.53. The molecule has 10 nitrogen and oxygen atoms in total. The highest BCUT2D eigenvalue weighted by molar-refractivity contribution is 6.09. The van der Waals surface area contributed by atoms with Crippen LogP contribution in [0.2, 0.25) is 0 Å². The number of aromatic nitrogens is 2. The summed E-state index contributed by atoms with van der Waals surface area (Å²) in [4.78, 5) is 37.1. The van der Waals surface area contributed by atoms with Gasteiger partial charge in [0.2, 0.25) is 0 Å². The molecule has 0 saturated heterocycles. The van der Waals surface area contributed by atoms with Crippen molar-refractivity contribution in [1.29, 1.82) is 0 Å². The Kier molecular flexibility index (Phi) is 8.52. The van der Waals surface area contributed by atoms with Crippen LogP contribution in [0.25, 0.3) is 0 Å². The largest absolute Gasteiger partial charge is 0.467 e. The molecule has 0 saturated carbocycles. The number of likely N-dealkylation sites (N-methyl/N-ethyl adjacent to an activating group) is 1. The maximum atomic E-state index is 13.4. The van der Waals surface area contributed by atoms with Crippen molar-refractivity contribution in [2.45, 2.75) is 19.1 Å². The summed E-state index contributed by atoms with van der Waals surface area (Å²) in [5.41, 5.74) is 3.10. The molecule has 1 aromatic heterocycles. The fraction of sp³-hybridized carbons (Fsp3) is 0.333. The van der Waals surface area contributed by atoms with E-state index in [0.29, 0.717) is 37.5 Å². The Labute approximate surface area is 216 Å². The van der Waals surface area contributed by atoms with Crippen LogP contribution in [0.1, 0.15) is 34.0 Å². The number of nitrogens with zero attached hydrogens (tertiary/aromatic N) is 4. The van der Waals surface area contributed by atoms with Gasteiger partial charge in [-0.2, -0.15) is 4.98 Å². The zero-order chi connectivity index (χ0) is 26.2. The third-order valence-corrected chi connectivity index (χ3v) is 6.09. The Morgan fingerprint density at radius 3 is 2.70 bits per heavy atom. The van der Waals surface area contributed by atoms with E-state index in [-0.39, 0.29) is 24.6 Å². The van der Waals surface area contributed by atoms with E-state index < -0.39 is 6.09 Å². The Hall–Kier alpha value is -4.18. The molecule has 1 atom stereocenters. The van der Waals surface area contributed by atoms with Gasteiger partial charge >= 0.3 is 12.1 Å². The number of amides is 2. The standard InChI is InChI=1S/C27H31N5O5/c1-28-27(34)36-15-12-23(20-9-5-4-6-10-20)37-18-19-8-7-11-21(16-19)32-14-13-31(2)24-22(25(32)33)17-29-26(30-24)35-3/h4-11,16-17,23H,12-15,18H2,1-3H3,(H,28,34). The molecule has 2 amide bonds. The molecule has 0 spiro atoms. The number of anilines is 2. The average Bonchev–Trinajstić information content (AvgIpc) is 3.06. The zero-order valence-electron chi connectivity index (χ0n) is 21.2. The molecule has 1 N–H and O–H groups in total. The molecule has 0 bridgehead atoms. The Morgan fingerprint density at radius 1 is 1.14 bits per heavy atom. The van der Waals surface area contributed by atoms with Crippen LogP contribution < -0.4 is 19.9 Å². The number of nitrogens with one attached hydrogen (secondary N) is 1. The second-order valence-corrected chi connectivity index (χ2v) is 8.53. The molecular weight excluding hydrogens is 474 g/mol. The van der Waals surface area contributed by atoms with E-state index in [9.17, 15) is 9.59 Å². The van der Waals surface area contributed by atoms with Crippen molar-refractivity contribution >= 4 is 23.5 Å². The van der Waals surface area contributed by atoms with E-state index >= 15 is 0 Å². The fourth-order valence-corrected chi connectivity index (χ4v) is 4.10. The molecule has 10 heteroatoms. The van der Waals surface area contributed by atoms with E-state index in [0.717, 1.165) is 16.8 Å². The number of fused-ring (bicyclic) bond motifs is 1. The highest BCUT2D eigenvalue weighted by atomic mass is 16.5. The number of methoxy groups -OCH3 is 1. The van der Waals surface area contributed by atoms with Crippen LogP contribution in [0, 0.1) is 0 Å². The van der Waals surface area contributed by atoms with Crippen LogP contribution in [0.5, 0.6) is 6.01 Å². The molecule has 2 heterocycles. The summed E-state index contributed by atoms with van der Waals surface area (Å²) in [6.07, 6.45) is 1.28. The highest BCUT2D eigenvalue weighted by Crippen LogP contribution is 2.28. The number of ether oxygens (including phenoxy) is 3. The first-order valence-electron chi connectivity index (χ1n) is 12.0. The van der Waals surface area contributed by atoms with Gasteiger partial charge in [-0.25, -0.2) is 9.78 Å². The summed E-state index contributed by atoms with van der Waals surface area (Å²) in [5.74, 6) is 0.372. The van der Waals surface area contributed by atoms with Crippen molar-refractivity contribution in [1.82, 2.24) is 15.3 Å². The van der Waals surface area contributed by atoms with Gasteiger partial charge in [0.15, 0.2) is 0 Å². The third kappa shape index (κ3) is 6.34. The van der Waals surface area contributed by atoms with Crippen molar-refractivity contribution in [2.24, 2.45) is 0 Å². The van der Waals surface area contributed by atoms with Crippen LogP contribution in [-0.4, -0.2) is 62.9 Å². The highest BCUT2D eigenvalue weighted by Gasteiger charge is 2.28. The van der Waals surface area contributed by atoms with Gasteiger partial charge in [-0.1, -0.05) is 42.5 Å². The average molecular weight is 506 g/mol. The van der Waals surface area contributed by atoms with E-state index in [1.165, 1.54) is 20.4 Å². The number of hydrogen-bond donors (Lipinski definition) is 1. The Morgan fingerprint density at radius 2 is 1.95 bits per heavy atom. The normalized spacial score (nSPS) is 14.0. The summed E-state index contributed by atoms with van der Waals surface area (Å²) < 4.78 is 16.6. The summed E-state index contributed by atoms with van der Waals surface area (Å²) in [7, 11) is 4.91. The van der Waals surface area contributed by atoms with Crippen LogP contribution in [0.4, 0.5) is 16.3 Å². The molecule has 4 rings (SSSR count). The first kappa shape index (κ1) is 25.9. The van der Waals surface area contributed by atoms with Crippen LogP contribution in [0.15, 0.2) is 60.8 Å². The Bertz CT molecular complexity index is 1220. The number of alkyl carbamates (subject to hydrolysis) is 1. The van der Waals surface area contributed by atoms with Gasteiger partial charge in [-0.3, -0.25) is 4.79 Å². The molecule has 1 unspecified atom stereocenters. The maximum absolute atomic E-state index is 13.4. The number of benzene rings is 2. The van der Waals surface area contributed by atoms with Gasteiger partial charge in [-0.15, -0.1) is 0 Å². The first-order valence-corrected chi connectivity index (χ1v) is 12.0. The lowest BCUT2D eigenvalue weighted by Crippen LogP contribution is -2.33. The first-order chi connectivity index (χ1) is 18.0. The lowest BCUT2D eigenvalue weighted by atomic mass is 10.1. The quantitative estimate of drug-likeness (QED) is 0.470. The number of carbonyl (C=O) groups excluding carboxylic acids is 2. The predicted octanol–water partition coefficient (Wildman–Crippen LogP) is 3.59. The zero-order valence-corrected chi connectivity index (χ0v) is 21.2. The SMILES string of the molecule is CNC(=O)OCCC(OCc1cccc(N2CCN(C)c3nc(OC)ncc3C2=O)c1)c1ccccc1. The summed E-state index contributed by atoms with van der Waals surface area (Å²) in [6, 6.07) is 17.8. The third-order valence-electron chi connectivity index (χ3n) is 6.09. The van der Waals surface area contributed by atoms with Crippen LogP contribution in [0.3, 0.4) is 0 Å². The van der Waals surface area contributed by atoms with Crippen molar-refractivity contribution in [3.8, 4) is 6.01 Å². The minimum atomic E-state index is -0.474. The minimum Gasteiger partial charge on any atom is -0.467 e. The number of hydrogen-bond acceptors (Lipinski definition) is 8. The van der Waals surface area contributed by atoms with Crippen molar-refractivity contribution in [3.05, 3.63) is 77.5 Å². The molecular formula is C27H31N5O5. The smallest absolute Gasteiger partial charge is 0.406 e. The van der Waals surface area contributed by atoms with E-state index in [2.05, 4.69) is 15.3 Å². The second kappa shape index (κ2) is 12.2. The van der Waals surface area contributed by atoms with Crippen LogP contribution in [-0.2, 0) is 16.1 Å². The minimum absolute atomic E-state index is 0.173. The lowest BCUT2D eigenvalue weighted by Gasteiger charge is -2.22. The molecule has 0 aliphatic carbocycles. The molecule has 3 aromatic rings. The van der Waals surface area contributed by atoms with E-state index in [1.807, 2.05) is 66.5 Å². The topological polar surface area (TPSA) is 106 Å². The molecule has 1 aliphatic rings. The molecule has 37 heavy (non-hydrogen) atoms. The van der Waals surface area contributed by atoms with Gasteiger partial charge in [0.25, 0.3) is 5.91 Å². The molecule has 0 fully saturated rings. The molecule has 194 valence electrons. The number of carbonyl (C=O) groups is 2.